The summed E-state index contributed by atoms with van der Waals surface area (Å²) in [6.45, 7) is 4.47. The van der Waals surface area contributed by atoms with Gasteiger partial charge in [0.1, 0.15) is 0 Å². The van der Waals surface area contributed by atoms with E-state index in [4.69, 9.17) is 22.7 Å². The maximum Gasteiger partial charge on any atom is 0.226 e. The van der Waals surface area contributed by atoms with Gasteiger partial charge in [-0.15, -0.1) is 0 Å². The number of carbonyl (C=O) groups excluding carboxylic acids is 1. The first kappa shape index (κ1) is 12.4. The van der Waals surface area contributed by atoms with Crippen LogP contribution in [0.3, 0.4) is 0 Å². The third-order valence-electron chi connectivity index (χ3n) is 2.73. The molecule has 1 amide bonds. The first-order chi connectivity index (χ1) is 7.06. The van der Waals surface area contributed by atoms with Crippen LogP contribution in [0.2, 0.25) is 0 Å². The summed E-state index contributed by atoms with van der Waals surface area (Å²) in [5, 5.41) is 2.80. The Balaban J connectivity index is 2.49. The average Bonchev–Trinajstić information content (AvgIpc) is 2.64. The molecule has 0 aromatic heterocycles. The molecule has 1 saturated heterocycles. The Hall–Kier alpha value is -0.680. The first-order valence-corrected chi connectivity index (χ1v) is 5.68. The topological polar surface area (TPSA) is 64.3 Å². The molecular formula is C10H18N2O2S. The Kier molecular flexibility index (Phi) is 4.47. The third kappa shape index (κ3) is 3.14. The number of thiocarbonyl (C=S) groups is 1. The lowest BCUT2D eigenvalue weighted by Crippen LogP contribution is -2.45. The van der Waals surface area contributed by atoms with Crippen molar-refractivity contribution in [1.82, 2.24) is 5.32 Å². The molecule has 0 aromatic rings. The summed E-state index contributed by atoms with van der Waals surface area (Å²) >= 11 is 4.80. The van der Waals surface area contributed by atoms with E-state index in [9.17, 15) is 4.79 Å². The van der Waals surface area contributed by atoms with Crippen LogP contribution in [0.4, 0.5) is 0 Å². The smallest absolute Gasteiger partial charge is 0.226 e. The molecule has 0 spiro atoms. The number of amides is 1. The zero-order valence-electron chi connectivity index (χ0n) is 9.16. The minimum atomic E-state index is -0.245. The summed E-state index contributed by atoms with van der Waals surface area (Å²) in [5.41, 5.74) is 5.44. The molecule has 0 aromatic carbocycles. The maximum absolute atomic E-state index is 11.8. The molecule has 3 unspecified atom stereocenters. The monoisotopic (exact) mass is 230 g/mol. The van der Waals surface area contributed by atoms with Crippen LogP contribution in [0.1, 0.15) is 26.7 Å². The van der Waals surface area contributed by atoms with E-state index in [1.807, 2.05) is 6.92 Å². The fourth-order valence-electron chi connectivity index (χ4n) is 1.74. The Labute approximate surface area is 95.5 Å². The van der Waals surface area contributed by atoms with Crippen molar-refractivity contribution in [2.24, 2.45) is 11.7 Å². The molecule has 1 fully saturated rings. The predicted molar refractivity (Wildman–Crippen MR) is 62.5 cm³/mol. The van der Waals surface area contributed by atoms with Crippen molar-refractivity contribution >= 4 is 23.1 Å². The molecule has 4 nitrogen and oxygen atoms in total. The Morgan fingerprint density at radius 2 is 2.40 bits per heavy atom. The van der Waals surface area contributed by atoms with E-state index < -0.39 is 0 Å². The Bertz CT molecular complexity index is 258. The van der Waals surface area contributed by atoms with Crippen molar-refractivity contribution in [2.45, 2.75) is 38.8 Å². The molecule has 5 heteroatoms. The second kappa shape index (κ2) is 5.42. The number of nitrogens with two attached hydrogens (primary N) is 1. The lowest BCUT2D eigenvalue weighted by atomic mass is 9.98. The van der Waals surface area contributed by atoms with Gasteiger partial charge in [-0.3, -0.25) is 4.79 Å². The van der Waals surface area contributed by atoms with E-state index in [-0.39, 0.29) is 24.0 Å². The van der Waals surface area contributed by atoms with Crippen molar-refractivity contribution in [3.63, 3.8) is 0 Å². The molecule has 1 heterocycles. The van der Waals surface area contributed by atoms with Gasteiger partial charge < -0.3 is 15.8 Å². The fourth-order valence-corrected chi connectivity index (χ4v) is 1.80. The van der Waals surface area contributed by atoms with Crippen molar-refractivity contribution < 1.29 is 9.53 Å². The summed E-state index contributed by atoms with van der Waals surface area (Å²) in [4.78, 5) is 12.1. The van der Waals surface area contributed by atoms with Gasteiger partial charge in [0.2, 0.25) is 5.91 Å². The van der Waals surface area contributed by atoms with Crippen LogP contribution in [0.25, 0.3) is 0 Å². The van der Waals surface area contributed by atoms with Gasteiger partial charge in [0, 0.05) is 6.61 Å². The highest BCUT2D eigenvalue weighted by Gasteiger charge is 2.33. The van der Waals surface area contributed by atoms with Crippen molar-refractivity contribution in [3.8, 4) is 0 Å². The van der Waals surface area contributed by atoms with Crippen molar-refractivity contribution in [1.29, 1.82) is 0 Å². The van der Waals surface area contributed by atoms with E-state index in [1.54, 1.807) is 6.92 Å². The van der Waals surface area contributed by atoms with Crippen LogP contribution in [0.15, 0.2) is 0 Å². The number of hydrogen-bond acceptors (Lipinski definition) is 3. The van der Waals surface area contributed by atoms with Crippen LogP contribution in [0, 0.1) is 5.92 Å². The molecule has 1 rings (SSSR count). The molecule has 1 aliphatic heterocycles. The molecule has 1 aliphatic rings. The molecule has 0 saturated carbocycles. The highest BCUT2D eigenvalue weighted by Crippen LogP contribution is 2.23. The third-order valence-corrected chi connectivity index (χ3v) is 3.09. The molecule has 0 radical (unpaired) electrons. The van der Waals surface area contributed by atoms with Gasteiger partial charge in [-0.2, -0.15) is 0 Å². The SMILES string of the molecule is CCC1OCCC1C(=O)NC(C)C(N)=S. The highest BCUT2D eigenvalue weighted by atomic mass is 32.1. The second-order valence-corrected chi connectivity index (χ2v) is 4.32. The second-order valence-electron chi connectivity index (χ2n) is 3.85. The van der Waals surface area contributed by atoms with Gasteiger partial charge in [-0.05, 0) is 19.8 Å². The largest absolute Gasteiger partial charge is 0.392 e. The number of rotatable bonds is 4. The van der Waals surface area contributed by atoms with Crippen molar-refractivity contribution in [2.75, 3.05) is 6.61 Å². The molecule has 3 atom stereocenters. The van der Waals surface area contributed by atoms with Crippen molar-refractivity contribution in [3.05, 3.63) is 0 Å². The summed E-state index contributed by atoms with van der Waals surface area (Å²) in [6.07, 6.45) is 1.69. The lowest BCUT2D eigenvalue weighted by molar-refractivity contribution is -0.126. The average molecular weight is 230 g/mol. The number of carbonyl (C=O) groups is 1. The number of ether oxygens (including phenoxy) is 1. The maximum atomic E-state index is 11.8. The van der Waals surface area contributed by atoms with Crippen LogP contribution < -0.4 is 11.1 Å². The minimum Gasteiger partial charge on any atom is -0.392 e. The molecule has 0 aliphatic carbocycles. The van der Waals surface area contributed by atoms with E-state index >= 15 is 0 Å². The highest BCUT2D eigenvalue weighted by molar-refractivity contribution is 7.80. The molecule has 3 N–H and O–H groups in total. The molecule has 15 heavy (non-hydrogen) atoms. The van der Waals surface area contributed by atoms with Gasteiger partial charge in [0.25, 0.3) is 0 Å². The molecule has 86 valence electrons. The van der Waals surface area contributed by atoms with Gasteiger partial charge in [0.05, 0.1) is 23.1 Å². The van der Waals surface area contributed by atoms with Crippen LogP contribution in [-0.4, -0.2) is 29.6 Å². The summed E-state index contributed by atoms with van der Waals surface area (Å²) in [6, 6.07) is -0.245. The molecule has 0 bridgehead atoms. The van der Waals surface area contributed by atoms with E-state index in [0.29, 0.717) is 11.6 Å². The Morgan fingerprint density at radius 1 is 1.73 bits per heavy atom. The van der Waals surface area contributed by atoms with Gasteiger partial charge in [-0.25, -0.2) is 0 Å². The molecular weight excluding hydrogens is 212 g/mol. The zero-order chi connectivity index (χ0) is 11.4. The lowest BCUT2D eigenvalue weighted by Gasteiger charge is -2.19. The van der Waals surface area contributed by atoms with E-state index in [2.05, 4.69) is 5.32 Å². The van der Waals surface area contributed by atoms with E-state index in [0.717, 1.165) is 12.8 Å². The van der Waals surface area contributed by atoms with E-state index in [1.165, 1.54) is 0 Å². The van der Waals surface area contributed by atoms with Gasteiger partial charge >= 0.3 is 0 Å². The van der Waals surface area contributed by atoms with Crippen LogP contribution in [0.5, 0.6) is 0 Å². The Morgan fingerprint density at radius 3 is 2.93 bits per heavy atom. The summed E-state index contributed by atoms with van der Waals surface area (Å²) in [7, 11) is 0. The zero-order valence-corrected chi connectivity index (χ0v) is 9.97. The van der Waals surface area contributed by atoms with Crippen LogP contribution >= 0.6 is 12.2 Å². The fraction of sp³-hybridized carbons (Fsp3) is 0.800. The first-order valence-electron chi connectivity index (χ1n) is 5.27. The quantitative estimate of drug-likeness (QED) is 0.694. The number of hydrogen-bond donors (Lipinski definition) is 2. The number of nitrogens with one attached hydrogen (secondary N) is 1. The summed E-state index contributed by atoms with van der Waals surface area (Å²) in [5.74, 6) is -0.0496. The van der Waals surface area contributed by atoms with Crippen LogP contribution in [-0.2, 0) is 9.53 Å². The predicted octanol–water partition coefficient (Wildman–Crippen LogP) is 0.592. The normalized spacial score (nSPS) is 27.3. The summed E-state index contributed by atoms with van der Waals surface area (Å²) < 4.78 is 5.45. The standard InChI is InChI=1S/C10H18N2O2S/c1-3-8-7(4-5-14-8)10(13)12-6(2)9(11)15/h6-8H,3-5H2,1-2H3,(H2,11,15)(H,12,13). The van der Waals surface area contributed by atoms with Gasteiger partial charge in [0.15, 0.2) is 0 Å². The minimum absolute atomic E-state index is 0.000324. The van der Waals surface area contributed by atoms with Gasteiger partial charge in [-0.1, -0.05) is 19.1 Å².